The van der Waals surface area contributed by atoms with Gasteiger partial charge in [-0.15, -0.1) is 0 Å². The summed E-state index contributed by atoms with van der Waals surface area (Å²) < 4.78 is 55.2. The standard InChI is InChI=1S/C23H20F2N2O3S/c1-15-5-3-6-16(2)23(15)27-31(29,30)18-11-9-17(10-12-18)26-22(28)14-13-19-20(24)7-4-8-21(19)25/h3-14,27H,1-2H3,(H,26,28)/b14-13+. The highest BCUT2D eigenvalue weighted by molar-refractivity contribution is 7.92. The molecule has 0 aromatic heterocycles. The monoisotopic (exact) mass is 442 g/mol. The number of benzene rings is 3. The summed E-state index contributed by atoms with van der Waals surface area (Å²) in [5.74, 6) is -2.18. The number of hydrogen-bond acceptors (Lipinski definition) is 3. The van der Waals surface area contributed by atoms with Crippen molar-refractivity contribution in [3.63, 3.8) is 0 Å². The molecule has 0 spiro atoms. The minimum atomic E-state index is -3.82. The van der Waals surface area contributed by atoms with E-state index in [1.807, 2.05) is 32.0 Å². The maximum atomic E-state index is 13.6. The molecule has 0 saturated heterocycles. The summed E-state index contributed by atoms with van der Waals surface area (Å²) in [6.07, 6.45) is 2.03. The van der Waals surface area contributed by atoms with Crippen molar-refractivity contribution < 1.29 is 22.0 Å². The van der Waals surface area contributed by atoms with Crippen LogP contribution < -0.4 is 10.0 Å². The van der Waals surface area contributed by atoms with Crippen molar-refractivity contribution in [1.82, 2.24) is 0 Å². The van der Waals surface area contributed by atoms with E-state index in [-0.39, 0.29) is 10.5 Å². The van der Waals surface area contributed by atoms with E-state index in [0.717, 1.165) is 35.4 Å². The maximum Gasteiger partial charge on any atom is 0.261 e. The SMILES string of the molecule is Cc1cccc(C)c1NS(=O)(=O)c1ccc(NC(=O)/C=C/c2c(F)cccc2F)cc1. The van der Waals surface area contributed by atoms with E-state index in [1.165, 1.54) is 30.3 Å². The molecule has 160 valence electrons. The number of anilines is 2. The largest absolute Gasteiger partial charge is 0.323 e. The van der Waals surface area contributed by atoms with E-state index in [1.54, 1.807) is 0 Å². The number of carbonyl (C=O) groups excluding carboxylic acids is 1. The first-order valence-electron chi connectivity index (χ1n) is 9.29. The zero-order chi connectivity index (χ0) is 22.6. The average Bonchev–Trinajstić information content (AvgIpc) is 2.71. The van der Waals surface area contributed by atoms with Gasteiger partial charge in [-0.1, -0.05) is 24.3 Å². The molecule has 0 unspecified atom stereocenters. The smallest absolute Gasteiger partial charge is 0.261 e. The third-order valence-corrected chi connectivity index (χ3v) is 5.92. The van der Waals surface area contributed by atoms with E-state index < -0.39 is 27.6 Å². The van der Waals surface area contributed by atoms with E-state index in [0.29, 0.717) is 11.4 Å². The molecule has 0 heterocycles. The number of rotatable bonds is 6. The Labute approximate surface area is 179 Å². The van der Waals surface area contributed by atoms with Crippen LogP contribution in [0.25, 0.3) is 6.08 Å². The van der Waals surface area contributed by atoms with Crippen LogP contribution in [0.15, 0.2) is 71.6 Å². The van der Waals surface area contributed by atoms with Gasteiger partial charge in [-0.2, -0.15) is 0 Å². The van der Waals surface area contributed by atoms with Crippen LogP contribution >= 0.6 is 0 Å². The third kappa shape index (κ3) is 5.35. The van der Waals surface area contributed by atoms with Crippen molar-refractivity contribution in [1.29, 1.82) is 0 Å². The minimum Gasteiger partial charge on any atom is -0.323 e. The molecule has 3 rings (SSSR count). The van der Waals surface area contributed by atoms with E-state index in [4.69, 9.17) is 0 Å². The molecule has 0 atom stereocenters. The highest BCUT2D eigenvalue weighted by Gasteiger charge is 2.16. The van der Waals surface area contributed by atoms with E-state index >= 15 is 0 Å². The van der Waals surface area contributed by atoms with Crippen molar-refractivity contribution in [2.75, 3.05) is 10.0 Å². The zero-order valence-corrected chi connectivity index (χ0v) is 17.6. The highest BCUT2D eigenvalue weighted by Crippen LogP contribution is 2.24. The number of sulfonamides is 1. The normalized spacial score (nSPS) is 11.5. The summed E-state index contributed by atoms with van der Waals surface area (Å²) in [6.45, 7) is 3.62. The number of carbonyl (C=O) groups is 1. The molecular formula is C23H20F2N2O3S. The quantitative estimate of drug-likeness (QED) is 0.526. The van der Waals surface area contributed by atoms with Crippen molar-refractivity contribution in [2.45, 2.75) is 18.7 Å². The fourth-order valence-electron chi connectivity index (χ4n) is 2.90. The second kappa shape index (κ2) is 9.09. The lowest BCUT2D eigenvalue weighted by Gasteiger charge is -2.13. The van der Waals surface area contributed by atoms with Gasteiger partial charge in [0, 0.05) is 17.3 Å². The van der Waals surface area contributed by atoms with Gasteiger partial charge in [-0.05, 0) is 67.4 Å². The van der Waals surface area contributed by atoms with Crippen LogP contribution in [0.4, 0.5) is 20.2 Å². The lowest BCUT2D eigenvalue weighted by Crippen LogP contribution is -2.15. The molecule has 8 heteroatoms. The van der Waals surface area contributed by atoms with E-state index in [9.17, 15) is 22.0 Å². The second-order valence-electron chi connectivity index (χ2n) is 6.85. The predicted molar refractivity (Wildman–Crippen MR) is 117 cm³/mol. The number of hydrogen-bond donors (Lipinski definition) is 2. The van der Waals surface area contributed by atoms with Gasteiger partial charge in [-0.3, -0.25) is 9.52 Å². The Bertz CT molecular complexity index is 1210. The molecule has 1 amide bonds. The summed E-state index contributed by atoms with van der Waals surface area (Å²) in [5, 5.41) is 2.51. The summed E-state index contributed by atoms with van der Waals surface area (Å²) in [5.41, 5.74) is 2.12. The molecule has 0 saturated carbocycles. The van der Waals surface area contributed by atoms with Crippen LogP contribution in [0.1, 0.15) is 16.7 Å². The molecule has 0 aliphatic rings. The maximum absolute atomic E-state index is 13.6. The Morgan fingerprint density at radius 1 is 0.871 bits per heavy atom. The van der Waals surface area contributed by atoms with Gasteiger partial charge in [0.25, 0.3) is 10.0 Å². The molecule has 3 aromatic carbocycles. The van der Waals surface area contributed by atoms with Crippen molar-refractivity contribution in [3.8, 4) is 0 Å². The fraction of sp³-hybridized carbons (Fsp3) is 0.0870. The molecular weight excluding hydrogens is 422 g/mol. The minimum absolute atomic E-state index is 0.0251. The summed E-state index contributed by atoms with van der Waals surface area (Å²) in [6, 6.07) is 14.4. The van der Waals surface area contributed by atoms with Gasteiger partial charge < -0.3 is 5.32 Å². The summed E-state index contributed by atoms with van der Waals surface area (Å²) >= 11 is 0. The topological polar surface area (TPSA) is 75.3 Å². The molecule has 0 bridgehead atoms. The van der Waals surface area contributed by atoms with Crippen LogP contribution in [0.5, 0.6) is 0 Å². The van der Waals surface area contributed by atoms with E-state index in [2.05, 4.69) is 10.0 Å². The third-order valence-electron chi connectivity index (χ3n) is 4.55. The molecule has 2 N–H and O–H groups in total. The van der Waals surface area contributed by atoms with Crippen LogP contribution in [0, 0.1) is 25.5 Å². The van der Waals surface area contributed by atoms with Gasteiger partial charge in [0.05, 0.1) is 10.6 Å². The Morgan fingerprint density at radius 2 is 1.42 bits per heavy atom. The molecule has 3 aromatic rings. The Balaban J connectivity index is 1.71. The number of amides is 1. The van der Waals surface area contributed by atoms with Gasteiger partial charge in [0.2, 0.25) is 5.91 Å². The summed E-state index contributed by atoms with van der Waals surface area (Å²) in [4.78, 5) is 12.1. The van der Waals surface area contributed by atoms with Crippen molar-refractivity contribution in [3.05, 3.63) is 95.1 Å². The van der Waals surface area contributed by atoms with Gasteiger partial charge in [0.1, 0.15) is 11.6 Å². The predicted octanol–water partition coefficient (Wildman–Crippen LogP) is 5.03. The lowest BCUT2D eigenvalue weighted by atomic mass is 10.1. The first kappa shape index (κ1) is 22.2. The molecule has 31 heavy (non-hydrogen) atoms. The molecule has 0 fully saturated rings. The summed E-state index contributed by atoms with van der Waals surface area (Å²) in [7, 11) is -3.82. The number of aryl methyl sites for hydroxylation is 2. The zero-order valence-electron chi connectivity index (χ0n) is 16.8. The highest BCUT2D eigenvalue weighted by atomic mass is 32.2. The first-order chi connectivity index (χ1) is 14.7. The average molecular weight is 442 g/mol. The van der Waals surface area contributed by atoms with Crippen LogP contribution in [0.2, 0.25) is 0 Å². The lowest BCUT2D eigenvalue weighted by molar-refractivity contribution is -0.111. The van der Waals surface area contributed by atoms with Gasteiger partial charge in [0.15, 0.2) is 0 Å². The van der Waals surface area contributed by atoms with Crippen LogP contribution in [0.3, 0.4) is 0 Å². The fourth-order valence-corrected chi connectivity index (χ4v) is 4.10. The molecule has 0 radical (unpaired) electrons. The van der Waals surface area contributed by atoms with Crippen LogP contribution in [-0.2, 0) is 14.8 Å². The van der Waals surface area contributed by atoms with Crippen LogP contribution in [-0.4, -0.2) is 14.3 Å². The Kier molecular flexibility index (Phi) is 6.50. The van der Waals surface area contributed by atoms with Gasteiger partial charge in [-0.25, -0.2) is 17.2 Å². The first-order valence-corrected chi connectivity index (χ1v) is 10.8. The molecule has 5 nitrogen and oxygen atoms in total. The number of nitrogens with one attached hydrogen (secondary N) is 2. The van der Waals surface area contributed by atoms with Crippen molar-refractivity contribution in [2.24, 2.45) is 0 Å². The van der Waals surface area contributed by atoms with Gasteiger partial charge >= 0.3 is 0 Å². The van der Waals surface area contributed by atoms with Crippen molar-refractivity contribution >= 4 is 33.4 Å². The number of para-hydroxylation sites is 1. The second-order valence-corrected chi connectivity index (χ2v) is 8.54. The molecule has 0 aliphatic heterocycles. The number of halogens is 2. The molecule has 0 aliphatic carbocycles. The Morgan fingerprint density at radius 3 is 2.00 bits per heavy atom. The Hall–Kier alpha value is -3.52.